The number of benzene rings is 3. The van der Waals surface area contributed by atoms with Gasteiger partial charge in [0, 0.05) is 32.4 Å². The first kappa shape index (κ1) is 27.0. The number of carbonyl (C=O) groups is 3. The zero-order valence-electron chi connectivity index (χ0n) is 20.3. The molecule has 1 atom stereocenters. The largest absolute Gasteiger partial charge is 0.465 e. The zero-order chi connectivity index (χ0) is 26.9. The van der Waals surface area contributed by atoms with Crippen molar-refractivity contribution in [3.8, 4) is 0 Å². The van der Waals surface area contributed by atoms with E-state index in [1.807, 2.05) is 37.3 Å². The van der Waals surface area contributed by atoms with Gasteiger partial charge in [-0.2, -0.15) is 0 Å². The first-order valence-electron chi connectivity index (χ1n) is 11.6. The van der Waals surface area contributed by atoms with Gasteiger partial charge in [0.15, 0.2) is 0 Å². The van der Waals surface area contributed by atoms with Gasteiger partial charge in [-0.15, -0.1) is 11.8 Å². The van der Waals surface area contributed by atoms with E-state index in [9.17, 15) is 14.4 Å². The summed E-state index contributed by atoms with van der Waals surface area (Å²) in [5, 5.41) is 8.00. The van der Waals surface area contributed by atoms with E-state index in [2.05, 4.69) is 31.9 Å². The second-order valence-corrected chi connectivity index (χ2v) is 10.5. The Labute approximate surface area is 232 Å². The molecule has 192 valence electrons. The molecule has 0 aliphatic rings. The Hall–Kier alpha value is -4.08. The third-order valence-electron chi connectivity index (χ3n) is 5.24. The first-order chi connectivity index (χ1) is 18.4. The van der Waals surface area contributed by atoms with Crippen molar-refractivity contribution in [2.24, 2.45) is 0 Å². The molecule has 0 radical (unpaired) electrons. The molecule has 3 aromatic carbocycles. The van der Waals surface area contributed by atoms with Crippen molar-refractivity contribution in [3.63, 3.8) is 0 Å². The van der Waals surface area contributed by atoms with Gasteiger partial charge in [0.05, 0.1) is 11.5 Å². The maximum absolute atomic E-state index is 13.2. The minimum absolute atomic E-state index is 0.0223. The molecule has 9 heteroatoms. The highest BCUT2D eigenvalue weighted by molar-refractivity contribution is 9.10. The third kappa shape index (κ3) is 7.71. The van der Waals surface area contributed by atoms with Crippen LogP contribution in [0, 0.1) is 0 Å². The van der Waals surface area contributed by atoms with Crippen LogP contribution in [0.5, 0.6) is 0 Å². The molecule has 0 spiro atoms. The molecule has 38 heavy (non-hydrogen) atoms. The number of hydrogen-bond acceptors (Lipinski definition) is 5. The summed E-state index contributed by atoms with van der Waals surface area (Å²) >= 11 is 4.74. The molecule has 1 aromatic heterocycles. The Bertz CT molecular complexity index is 1440. The van der Waals surface area contributed by atoms with E-state index < -0.39 is 11.8 Å². The lowest BCUT2D eigenvalue weighted by atomic mass is 10.2. The summed E-state index contributed by atoms with van der Waals surface area (Å²) in [7, 11) is 0. The van der Waals surface area contributed by atoms with Gasteiger partial charge in [0.2, 0.25) is 5.91 Å². The second kappa shape index (κ2) is 12.9. The number of hydrogen-bond donors (Lipinski definition) is 3. The SMILES string of the molecule is CC(Sc1cccc(NC(=O)/C(=C/c2ccco2)NC(=O)c2ccccc2)c1)C(=O)Nc1ccc(Br)cc1. The maximum Gasteiger partial charge on any atom is 0.272 e. The number of furan rings is 1. The van der Waals surface area contributed by atoms with E-state index in [1.54, 1.807) is 60.7 Å². The quantitative estimate of drug-likeness (QED) is 0.151. The highest BCUT2D eigenvalue weighted by atomic mass is 79.9. The van der Waals surface area contributed by atoms with Crippen LogP contribution in [0.2, 0.25) is 0 Å². The highest BCUT2D eigenvalue weighted by Gasteiger charge is 2.17. The van der Waals surface area contributed by atoms with E-state index in [1.165, 1.54) is 24.1 Å². The molecule has 0 saturated carbocycles. The molecule has 3 N–H and O–H groups in total. The van der Waals surface area contributed by atoms with Gasteiger partial charge in [-0.25, -0.2) is 0 Å². The fourth-order valence-corrected chi connectivity index (χ4v) is 4.53. The predicted octanol–water partition coefficient (Wildman–Crippen LogP) is 6.57. The number of rotatable bonds is 9. The van der Waals surface area contributed by atoms with Crippen molar-refractivity contribution < 1.29 is 18.8 Å². The van der Waals surface area contributed by atoms with Gasteiger partial charge in [-0.1, -0.05) is 40.2 Å². The first-order valence-corrected chi connectivity index (χ1v) is 13.3. The molecule has 0 fully saturated rings. The number of thioether (sulfide) groups is 1. The average molecular weight is 590 g/mol. The van der Waals surface area contributed by atoms with Crippen molar-refractivity contribution in [1.29, 1.82) is 0 Å². The van der Waals surface area contributed by atoms with E-state index in [0.717, 1.165) is 9.37 Å². The van der Waals surface area contributed by atoms with Crippen LogP contribution in [-0.2, 0) is 9.59 Å². The van der Waals surface area contributed by atoms with Crippen LogP contribution >= 0.6 is 27.7 Å². The molecule has 3 amide bonds. The number of halogens is 1. The third-order valence-corrected chi connectivity index (χ3v) is 6.87. The van der Waals surface area contributed by atoms with Crippen molar-refractivity contribution in [1.82, 2.24) is 5.32 Å². The lowest BCUT2D eigenvalue weighted by Gasteiger charge is -2.14. The summed E-state index contributed by atoms with van der Waals surface area (Å²) in [6.07, 6.45) is 2.94. The fraction of sp³-hybridized carbons (Fsp3) is 0.0690. The zero-order valence-corrected chi connectivity index (χ0v) is 22.7. The van der Waals surface area contributed by atoms with Gasteiger partial charge < -0.3 is 20.4 Å². The molecule has 7 nitrogen and oxygen atoms in total. The summed E-state index contributed by atoms with van der Waals surface area (Å²) < 4.78 is 6.26. The molecule has 0 saturated heterocycles. The molecule has 0 aliphatic heterocycles. The molecular formula is C29H24BrN3O4S. The monoisotopic (exact) mass is 589 g/mol. The minimum atomic E-state index is -0.520. The highest BCUT2D eigenvalue weighted by Crippen LogP contribution is 2.27. The van der Waals surface area contributed by atoms with Gasteiger partial charge >= 0.3 is 0 Å². The lowest BCUT2D eigenvalue weighted by Crippen LogP contribution is -2.30. The second-order valence-electron chi connectivity index (χ2n) is 8.13. The van der Waals surface area contributed by atoms with Crippen LogP contribution in [0.4, 0.5) is 11.4 Å². The van der Waals surface area contributed by atoms with E-state index >= 15 is 0 Å². The van der Waals surface area contributed by atoms with E-state index in [-0.39, 0.29) is 16.9 Å². The molecule has 0 aliphatic carbocycles. The van der Waals surface area contributed by atoms with Gasteiger partial charge in [0.25, 0.3) is 11.8 Å². The van der Waals surface area contributed by atoms with Crippen LogP contribution < -0.4 is 16.0 Å². The number of carbonyl (C=O) groups excluding carboxylic acids is 3. The summed E-state index contributed by atoms with van der Waals surface area (Å²) in [5.74, 6) is -0.667. The van der Waals surface area contributed by atoms with Gasteiger partial charge in [-0.3, -0.25) is 14.4 Å². The van der Waals surface area contributed by atoms with Crippen LogP contribution in [0.1, 0.15) is 23.0 Å². The summed E-state index contributed by atoms with van der Waals surface area (Å²) in [6, 6.07) is 26.5. The number of nitrogens with one attached hydrogen (secondary N) is 3. The average Bonchev–Trinajstić information content (AvgIpc) is 3.43. The molecule has 4 rings (SSSR count). The normalized spacial score (nSPS) is 11.9. The Morgan fingerprint density at radius 2 is 1.63 bits per heavy atom. The Kier molecular flexibility index (Phi) is 9.18. The molecule has 4 aromatic rings. The molecular weight excluding hydrogens is 566 g/mol. The van der Waals surface area contributed by atoms with E-state index in [0.29, 0.717) is 22.7 Å². The number of amides is 3. The van der Waals surface area contributed by atoms with E-state index in [4.69, 9.17) is 4.42 Å². The summed E-state index contributed by atoms with van der Waals surface area (Å²) in [4.78, 5) is 39.3. The van der Waals surface area contributed by atoms with Crippen molar-refractivity contribution in [3.05, 3.63) is 119 Å². The maximum atomic E-state index is 13.2. The fourth-order valence-electron chi connectivity index (χ4n) is 3.34. The Morgan fingerprint density at radius 1 is 0.868 bits per heavy atom. The van der Waals surface area contributed by atoms with Gasteiger partial charge in [0.1, 0.15) is 11.5 Å². The number of anilines is 2. The Balaban J connectivity index is 1.44. The molecule has 1 heterocycles. The van der Waals surface area contributed by atoms with Gasteiger partial charge in [-0.05, 0) is 73.7 Å². The van der Waals surface area contributed by atoms with Crippen molar-refractivity contribution in [2.45, 2.75) is 17.1 Å². The summed E-state index contributed by atoms with van der Waals surface area (Å²) in [5.41, 5.74) is 1.66. The van der Waals surface area contributed by atoms with Crippen LogP contribution in [0.15, 0.2) is 117 Å². The predicted molar refractivity (Wildman–Crippen MR) is 154 cm³/mol. The van der Waals surface area contributed by atoms with Crippen molar-refractivity contribution in [2.75, 3.05) is 10.6 Å². The lowest BCUT2D eigenvalue weighted by molar-refractivity contribution is -0.115. The van der Waals surface area contributed by atoms with Crippen molar-refractivity contribution >= 4 is 62.9 Å². The molecule has 0 bridgehead atoms. The topological polar surface area (TPSA) is 100 Å². The Morgan fingerprint density at radius 3 is 2.34 bits per heavy atom. The van der Waals surface area contributed by atoms with Crippen LogP contribution in [0.3, 0.4) is 0 Å². The minimum Gasteiger partial charge on any atom is -0.465 e. The summed E-state index contributed by atoms with van der Waals surface area (Å²) in [6.45, 7) is 1.81. The van der Waals surface area contributed by atoms with Crippen LogP contribution in [0.25, 0.3) is 6.08 Å². The smallest absolute Gasteiger partial charge is 0.272 e. The molecule has 1 unspecified atom stereocenters. The standard InChI is InChI=1S/C29H24BrN3O4S/c1-19(27(34)31-22-14-12-21(30)13-15-22)38-25-11-5-9-23(17-25)32-29(36)26(18-24-10-6-16-37-24)33-28(35)20-7-3-2-4-8-20/h2-19H,1H3,(H,31,34)(H,32,36)(H,33,35)/b26-18-. The van der Waals surface area contributed by atoms with Crippen LogP contribution in [-0.4, -0.2) is 23.0 Å².